The summed E-state index contributed by atoms with van der Waals surface area (Å²) in [6.07, 6.45) is 0.855. The van der Waals surface area contributed by atoms with E-state index in [2.05, 4.69) is 25.7 Å². The molecule has 0 saturated carbocycles. The largest absolute Gasteiger partial charge is 0.103 e. The summed E-state index contributed by atoms with van der Waals surface area (Å²) in [6.45, 7) is 6.17. The second kappa shape index (κ2) is 6.55. The minimum absolute atomic E-state index is 0.160. The van der Waals surface area contributed by atoms with Crippen LogP contribution in [0.25, 0.3) is 0 Å². The monoisotopic (exact) mass is 288 g/mol. The highest BCUT2D eigenvalue weighted by molar-refractivity contribution is 6.44. The molecule has 2 atom stereocenters. The van der Waals surface area contributed by atoms with Crippen LogP contribution in [0.2, 0.25) is 15.1 Å². The first-order chi connectivity index (χ1) is 7.99. The zero-order valence-electron chi connectivity index (χ0n) is 10.2. The van der Waals surface area contributed by atoms with Crippen LogP contribution < -0.4 is 0 Å². The third-order valence-electron chi connectivity index (χ3n) is 2.79. The zero-order chi connectivity index (χ0) is 13.0. The van der Waals surface area contributed by atoms with Gasteiger partial charge in [-0.05, 0) is 23.6 Å². The maximum atomic E-state index is 6.21. The molecule has 0 amide bonds. The van der Waals surface area contributed by atoms with E-state index in [1.807, 2.05) is 6.92 Å². The second-order valence-electron chi connectivity index (χ2n) is 4.01. The van der Waals surface area contributed by atoms with Crippen LogP contribution >= 0.6 is 34.8 Å². The quantitative estimate of drug-likeness (QED) is 0.477. The molecule has 0 aliphatic heterocycles. The smallest absolute Gasteiger partial charge is 0.0642 e. The summed E-state index contributed by atoms with van der Waals surface area (Å²) < 4.78 is 0. The molecule has 1 rings (SSSR count). The number of hydrogen-bond acceptors (Lipinski definition) is 0. The van der Waals surface area contributed by atoms with Crippen molar-refractivity contribution in [2.45, 2.75) is 33.1 Å². The Bertz CT molecular complexity index is 455. The van der Waals surface area contributed by atoms with Crippen molar-refractivity contribution in [3.05, 3.63) is 32.8 Å². The summed E-state index contributed by atoms with van der Waals surface area (Å²) in [4.78, 5) is 0. The molecule has 0 aliphatic rings. The van der Waals surface area contributed by atoms with Crippen molar-refractivity contribution in [1.82, 2.24) is 0 Å². The van der Waals surface area contributed by atoms with Gasteiger partial charge in [-0.1, -0.05) is 61.5 Å². The summed E-state index contributed by atoms with van der Waals surface area (Å²) in [7, 11) is 0. The average molecular weight is 290 g/mol. The molecule has 2 unspecified atom stereocenters. The van der Waals surface area contributed by atoms with E-state index in [1.165, 1.54) is 0 Å². The van der Waals surface area contributed by atoms with Crippen LogP contribution in [0.1, 0.15) is 38.7 Å². The summed E-state index contributed by atoms with van der Waals surface area (Å²) in [5.41, 5.74) is 0.888. The predicted molar refractivity (Wildman–Crippen MR) is 77.1 cm³/mol. The molecule has 92 valence electrons. The van der Waals surface area contributed by atoms with Gasteiger partial charge in [0.15, 0.2) is 0 Å². The third kappa shape index (κ3) is 3.55. The fourth-order valence-electron chi connectivity index (χ4n) is 1.60. The van der Waals surface area contributed by atoms with Crippen molar-refractivity contribution in [1.29, 1.82) is 0 Å². The van der Waals surface area contributed by atoms with Crippen LogP contribution in [0.15, 0.2) is 12.1 Å². The van der Waals surface area contributed by atoms with Crippen LogP contribution in [0.5, 0.6) is 0 Å². The Hall–Kier alpha value is -0.350. The molecule has 0 N–H and O–H groups in total. The van der Waals surface area contributed by atoms with Crippen molar-refractivity contribution in [3.8, 4) is 11.8 Å². The van der Waals surface area contributed by atoms with Gasteiger partial charge >= 0.3 is 0 Å². The Kier molecular flexibility index (Phi) is 5.67. The van der Waals surface area contributed by atoms with Crippen LogP contribution in [0.3, 0.4) is 0 Å². The van der Waals surface area contributed by atoms with Crippen LogP contribution in [-0.4, -0.2) is 0 Å². The number of benzene rings is 1. The molecule has 0 nitrogen and oxygen atoms in total. The summed E-state index contributed by atoms with van der Waals surface area (Å²) >= 11 is 18.4. The molecule has 1 aromatic rings. The van der Waals surface area contributed by atoms with Gasteiger partial charge in [-0.15, -0.1) is 5.92 Å². The van der Waals surface area contributed by atoms with Crippen LogP contribution in [-0.2, 0) is 0 Å². The lowest BCUT2D eigenvalue weighted by Gasteiger charge is -2.19. The Morgan fingerprint density at radius 1 is 1.12 bits per heavy atom. The van der Waals surface area contributed by atoms with E-state index in [0.29, 0.717) is 15.1 Å². The van der Waals surface area contributed by atoms with E-state index >= 15 is 0 Å². The maximum Gasteiger partial charge on any atom is 0.0642 e. The standard InChI is InChI=1S/C14H15Cl3/c1-4-5-6-9(2)10(3)13-11(15)7-8-12(16)14(13)17/h7-10H,4H2,1-3H3. The molecule has 0 fully saturated rings. The highest BCUT2D eigenvalue weighted by Gasteiger charge is 2.20. The van der Waals surface area contributed by atoms with Crippen molar-refractivity contribution in [2.24, 2.45) is 5.92 Å². The zero-order valence-corrected chi connectivity index (χ0v) is 12.4. The molecule has 0 bridgehead atoms. The Morgan fingerprint density at radius 3 is 2.29 bits per heavy atom. The molecular weight excluding hydrogens is 275 g/mol. The van der Waals surface area contributed by atoms with E-state index < -0.39 is 0 Å². The highest BCUT2D eigenvalue weighted by Crippen LogP contribution is 2.39. The first-order valence-electron chi connectivity index (χ1n) is 5.60. The van der Waals surface area contributed by atoms with Gasteiger partial charge < -0.3 is 0 Å². The van der Waals surface area contributed by atoms with Crippen LogP contribution in [0.4, 0.5) is 0 Å². The average Bonchev–Trinajstić information content (AvgIpc) is 2.31. The Morgan fingerprint density at radius 2 is 1.71 bits per heavy atom. The lowest BCUT2D eigenvalue weighted by molar-refractivity contribution is 0.610. The predicted octanol–water partition coefficient (Wildman–Crippen LogP) is 5.80. The molecule has 3 heteroatoms. The molecule has 0 radical (unpaired) electrons. The van der Waals surface area contributed by atoms with Gasteiger partial charge in [-0.3, -0.25) is 0 Å². The van der Waals surface area contributed by atoms with Gasteiger partial charge in [-0.25, -0.2) is 0 Å². The van der Waals surface area contributed by atoms with Crippen molar-refractivity contribution < 1.29 is 0 Å². The second-order valence-corrected chi connectivity index (χ2v) is 5.20. The highest BCUT2D eigenvalue weighted by atomic mass is 35.5. The van der Waals surface area contributed by atoms with Gasteiger partial charge in [0.1, 0.15) is 0 Å². The van der Waals surface area contributed by atoms with E-state index in [1.54, 1.807) is 12.1 Å². The van der Waals surface area contributed by atoms with Crippen molar-refractivity contribution >= 4 is 34.8 Å². The van der Waals surface area contributed by atoms with E-state index in [0.717, 1.165) is 12.0 Å². The van der Waals surface area contributed by atoms with Gasteiger partial charge in [0.05, 0.1) is 10.0 Å². The maximum absolute atomic E-state index is 6.21. The van der Waals surface area contributed by atoms with Gasteiger partial charge in [0, 0.05) is 17.4 Å². The van der Waals surface area contributed by atoms with E-state index in [-0.39, 0.29) is 11.8 Å². The molecule has 0 aromatic heterocycles. The number of rotatable bonds is 2. The molecule has 17 heavy (non-hydrogen) atoms. The lowest BCUT2D eigenvalue weighted by atomic mass is 9.89. The fourth-order valence-corrected chi connectivity index (χ4v) is 2.48. The number of halogens is 3. The summed E-state index contributed by atoms with van der Waals surface area (Å²) in [6, 6.07) is 3.49. The molecule has 0 spiro atoms. The van der Waals surface area contributed by atoms with Crippen LogP contribution in [0, 0.1) is 17.8 Å². The molecule has 1 aromatic carbocycles. The first kappa shape index (κ1) is 14.7. The third-order valence-corrected chi connectivity index (χ3v) is 3.94. The van der Waals surface area contributed by atoms with E-state index in [4.69, 9.17) is 34.8 Å². The van der Waals surface area contributed by atoms with Gasteiger partial charge in [0.25, 0.3) is 0 Å². The lowest BCUT2D eigenvalue weighted by Crippen LogP contribution is -2.05. The molecule has 0 heterocycles. The molecule has 0 aliphatic carbocycles. The minimum Gasteiger partial charge on any atom is -0.103 e. The van der Waals surface area contributed by atoms with Crippen molar-refractivity contribution in [2.75, 3.05) is 0 Å². The Labute approximate surface area is 118 Å². The fraction of sp³-hybridized carbons (Fsp3) is 0.429. The Balaban J connectivity index is 3.11. The van der Waals surface area contributed by atoms with Gasteiger partial charge in [-0.2, -0.15) is 0 Å². The minimum atomic E-state index is 0.160. The van der Waals surface area contributed by atoms with Crippen molar-refractivity contribution in [3.63, 3.8) is 0 Å². The topological polar surface area (TPSA) is 0 Å². The number of hydrogen-bond donors (Lipinski definition) is 0. The SMILES string of the molecule is CCC#CC(C)C(C)c1c(Cl)ccc(Cl)c1Cl. The van der Waals surface area contributed by atoms with Gasteiger partial charge in [0.2, 0.25) is 0 Å². The molecular formula is C14H15Cl3. The molecule has 0 saturated heterocycles. The normalized spacial score (nSPS) is 13.8. The first-order valence-corrected chi connectivity index (χ1v) is 6.74. The summed E-state index contributed by atoms with van der Waals surface area (Å²) in [5, 5.41) is 1.72. The van der Waals surface area contributed by atoms with E-state index in [9.17, 15) is 0 Å². The summed E-state index contributed by atoms with van der Waals surface area (Å²) in [5.74, 6) is 6.63.